The molecule has 1 aliphatic heterocycles. The van der Waals surface area contributed by atoms with Crippen molar-refractivity contribution in [2.75, 3.05) is 25.2 Å². The lowest BCUT2D eigenvalue weighted by atomic mass is 10.1. The topological polar surface area (TPSA) is 32.3 Å². The van der Waals surface area contributed by atoms with E-state index in [2.05, 4.69) is 25.4 Å². The van der Waals surface area contributed by atoms with Crippen molar-refractivity contribution in [3.63, 3.8) is 0 Å². The van der Waals surface area contributed by atoms with Gasteiger partial charge in [0, 0.05) is 6.54 Å². The molecule has 14 heavy (non-hydrogen) atoms. The van der Waals surface area contributed by atoms with Crippen LogP contribution in [0.25, 0.3) is 0 Å². The second-order valence-corrected chi connectivity index (χ2v) is 5.02. The van der Waals surface area contributed by atoms with Gasteiger partial charge in [-0.2, -0.15) is 11.8 Å². The zero-order valence-electron chi connectivity index (χ0n) is 9.25. The van der Waals surface area contributed by atoms with Gasteiger partial charge in [0.15, 0.2) is 0 Å². The van der Waals surface area contributed by atoms with Gasteiger partial charge in [-0.1, -0.05) is 13.8 Å². The highest BCUT2D eigenvalue weighted by Gasteiger charge is 2.32. The molecule has 1 atom stereocenters. The maximum absolute atomic E-state index is 11.8. The number of amides is 1. The summed E-state index contributed by atoms with van der Waals surface area (Å²) in [5.74, 6) is 1.81. The van der Waals surface area contributed by atoms with Crippen molar-refractivity contribution in [2.45, 2.75) is 26.3 Å². The predicted octanol–water partition coefficient (Wildman–Crippen LogP) is 1.15. The average Bonchev–Trinajstić information content (AvgIpc) is 2.48. The van der Waals surface area contributed by atoms with Crippen LogP contribution in [0.3, 0.4) is 0 Å². The Morgan fingerprint density at radius 2 is 2.36 bits per heavy atom. The maximum Gasteiger partial charge on any atom is 0.241 e. The zero-order chi connectivity index (χ0) is 10.6. The standard InChI is InChI=1S/C10H20N2OS/c1-8(2)9-10(13)12(7-11-9)5-4-6-14-3/h8-9,11H,4-7H2,1-3H3. The first-order valence-electron chi connectivity index (χ1n) is 5.18. The van der Waals surface area contributed by atoms with Gasteiger partial charge in [-0.15, -0.1) is 0 Å². The molecule has 1 N–H and O–H groups in total. The fourth-order valence-corrected chi connectivity index (χ4v) is 2.10. The molecule has 3 nitrogen and oxygen atoms in total. The number of carbonyl (C=O) groups excluding carboxylic acids is 1. The smallest absolute Gasteiger partial charge is 0.241 e. The molecule has 82 valence electrons. The Hall–Kier alpha value is -0.220. The van der Waals surface area contributed by atoms with E-state index >= 15 is 0 Å². The first-order chi connectivity index (χ1) is 6.66. The summed E-state index contributed by atoms with van der Waals surface area (Å²) in [6, 6.07) is 0.0456. The van der Waals surface area contributed by atoms with Crippen molar-refractivity contribution in [2.24, 2.45) is 5.92 Å². The van der Waals surface area contributed by atoms with E-state index in [9.17, 15) is 4.79 Å². The van der Waals surface area contributed by atoms with Crippen molar-refractivity contribution in [3.05, 3.63) is 0 Å². The summed E-state index contributed by atoms with van der Waals surface area (Å²) >= 11 is 1.83. The van der Waals surface area contributed by atoms with Gasteiger partial charge in [0.1, 0.15) is 0 Å². The van der Waals surface area contributed by atoms with E-state index in [1.807, 2.05) is 16.7 Å². The summed E-state index contributed by atoms with van der Waals surface area (Å²) in [7, 11) is 0. The summed E-state index contributed by atoms with van der Waals surface area (Å²) in [5.41, 5.74) is 0. The summed E-state index contributed by atoms with van der Waals surface area (Å²) in [4.78, 5) is 13.7. The fourth-order valence-electron chi connectivity index (χ4n) is 1.68. The Kier molecular flexibility index (Phi) is 4.75. The lowest BCUT2D eigenvalue weighted by Crippen LogP contribution is -2.35. The Bertz CT molecular complexity index is 197. The van der Waals surface area contributed by atoms with E-state index in [1.165, 1.54) is 0 Å². The number of thioether (sulfide) groups is 1. The molecule has 1 fully saturated rings. The molecule has 1 aliphatic rings. The maximum atomic E-state index is 11.8. The second-order valence-electron chi connectivity index (χ2n) is 4.03. The first-order valence-corrected chi connectivity index (χ1v) is 6.57. The average molecular weight is 216 g/mol. The molecule has 1 heterocycles. The third-order valence-electron chi connectivity index (χ3n) is 2.52. The molecule has 0 aromatic heterocycles. The van der Waals surface area contributed by atoms with Gasteiger partial charge < -0.3 is 4.90 Å². The second kappa shape index (κ2) is 5.61. The van der Waals surface area contributed by atoms with Crippen LogP contribution in [0.1, 0.15) is 20.3 Å². The van der Waals surface area contributed by atoms with Crippen molar-refractivity contribution in [1.29, 1.82) is 0 Å². The van der Waals surface area contributed by atoms with E-state index in [0.717, 1.165) is 25.4 Å². The minimum atomic E-state index is 0.0456. The molecule has 1 amide bonds. The Labute approximate surface area is 90.6 Å². The molecular formula is C10H20N2OS. The summed E-state index contributed by atoms with van der Waals surface area (Å²) in [5, 5.41) is 3.25. The van der Waals surface area contributed by atoms with E-state index < -0.39 is 0 Å². The van der Waals surface area contributed by atoms with Crippen LogP contribution in [0, 0.1) is 5.92 Å². The molecule has 1 unspecified atom stereocenters. The molecule has 0 aromatic carbocycles. The van der Waals surface area contributed by atoms with E-state index in [0.29, 0.717) is 5.92 Å². The lowest BCUT2D eigenvalue weighted by molar-refractivity contribution is -0.129. The SMILES string of the molecule is CSCCCN1CNC(C(C)C)C1=O. The van der Waals surface area contributed by atoms with E-state index in [-0.39, 0.29) is 11.9 Å². The minimum Gasteiger partial charge on any atom is -0.329 e. The molecule has 0 radical (unpaired) electrons. The Morgan fingerprint density at radius 1 is 1.64 bits per heavy atom. The highest BCUT2D eigenvalue weighted by atomic mass is 32.2. The minimum absolute atomic E-state index is 0.0456. The zero-order valence-corrected chi connectivity index (χ0v) is 10.1. The number of hydrogen-bond donors (Lipinski definition) is 1. The van der Waals surface area contributed by atoms with Gasteiger partial charge in [0.05, 0.1) is 12.7 Å². The van der Waals surface area contributed by atoms with Gasteiger partial charge in [0.25, 0.3) is 0 Å². The summed E-state index contributed by atoms with van der Waals surface area (Å²) in [6.07, 6.45) is 3.19. The quantitative estimate of drug-likeness (QED) is 0.700. The molecule has 0 saturated carbocycles. The van der Waals surface area contributed by atoms with Crippen molar-refractivity contribution in [1.82, 2.24) is 10.2 Å². The van der Waals surface area contributed by atoms with Gasteiger partial charge in [-0.05, 0) is 24.3 Å². The number of hydrogen-bond acceptors (Lipinski definition) is 3. The number of carbonyl (C=O) groups is 1. The van der Waals surface area contributed by atoms with Crippen LogP contribution in [-0.4, -0.2) is 42.1 Å². The van der Waals surface area contributed by atoms with Gasteiger partial charge in [-0.25, -0.2) is 0 Å². The van der Waals surface area contributed by atoms with Crippen LogP contribution in [0.4, 0.5) is 0 Å². The molecule has 0 spiro atoms. The van der Waals surface area contributed by atoms with Gasteiger partial charge >= 0.3 is 0 Å². The van der Waals surface area contributed by atoms with Crippen molar-refractivity contribution >= 4 is 17.7 Å². The number of nitrogens with one attached hydrogen (secondary N) is 1. The first kappa shape index (κ1) is 11.9. The molecular weight excluding hydrogens is 196 g/mol. The molecule has 0 aliphatic carbocycles. The summed E-state index contributed by atoms with van der Waals surface area (Å²) < 4.78 is 0. The third kappa shape index (κ3) is 2.89. The van der Waals surface area contributed by atoms with Crippen LogP contribution in [0.5, 0.6) is 0 Å². The van der Waals surface area contributed by atoms with Crippen LogP contribution in [0.2, 0.25) is 0 Å². The largest absolute Gasteiger partial charge is 0.329 e. The fraction of sp³-hybridized carbons (Fsp3) is 0.900. The Balaban J connectivity index is 2.32. The highest BCUT2D eigenvalue weighted by Crippen LogP contribution is 2.12. The molecule has 0 aromatic rings. The molecule has 4 heteroatoms. The molecule has 0 bridgehead atoms. The van der Waals surface area contributed by atoms with Crippen molar-refractivity contribution in [3.8, 4) is 0 Å². The van der Waals surface area contributed by atoms with Crippen LogP contribution >= 0.6 is 11.8 Å². The predicted molar refractivity (Wildman–Crippen MR) is 61.3 cm³/mol. The number of rotatable bonds is 5. The molecule has 1 rings (SSSR count). The van der Waals surface area contributed by atoms with Crippen LogP contribution in [0.15, 0.2) is 0 Å². The normalized spacial score (nSPS) is 22.4. The van der Waals surface area contributed by atoms with Crippen LogP contribution in [-0.2, 0) is 4.79 Å². The van der Waals surface area contributed by atoms with E-state index in [1.54, 1.807) is 0 Å². The highest BCUT2D eigenvalue weighted by molar-refractivity contribution is 7.98. The lowest BCUT2D eigenvalue weighted by Gasteiger charge is -2.16. The monoisotopic (exact) mass is 216 g/mol. The summed E-state index contributed by atoms with van der Waals surface area (Å²) in [6.45, 7) is 5.80. The van der Waals surface area contributed by atoms with Crippen molar-refractivity contribution < 1.29 is 4.79 Å². The van der Waals surface area contributed by atoms with Gasteiger partial charge in [-0.3, -0.25) is 10.1 Å². The Morgan fingerprint density at radius 3 is 2.86 bits per heavy atom. The van der Waals surface area contributed by atoms with Gasteiger partial charge in [0.2, 0.25) is 5.91 Å². The third-order valence-corrected chi connectivity index (χ3v) is 3.22. The molecule has 1 saturated heterocycles. The van der Waals surface area contributed by atoms with E-state index in [4.69, 9.17) is 0 Å². The van der Waals surface area contributed by atoms with Crippen LogP contribution < -0.4 is 5.32 Å². The number of nitrogens with zero attached hydrogens (tertiary/aromatic N) is 1.